The lowest BCUT2D eigenvalue weighted by Crippen LogP contribution is -2.36. The largest absolute Gasteiger partial charge is 0.458 e. The molecule has 0 bridgehead atoms. The van der Waals surface area contributed by atoms with E-state index in [1.807, 2.05) is 84.9 Å². The van der Waals surface area contributed by atoms with Gasteiger partial charge in [0.2, 0.25) is 0 Å². The number of esters is 1. The van der Waals surface area contributed by atoms with Gasteiger partial charge in [-0.15, -0.1) is 0 Å². The highest BCUT2D eigenvalue weighted by atomic mass is 31.2. The van der Waals surface area contributed by atoms with Gasteiger partial charge in [0.25, 0.3) is 0 Å². The number of rotatable bonds is 7. The summed E-state index contributed by atoms with van der Waals surface area (Å²) in [5, 5.41) is 3.54. The lowest BCUT2D eigenvalue weighted by Gasteiger charge is -2.26. The zero-order valence-corrected chi connectivity index (χ0v) is 17.6. The average Bonchev–Trinajstić information content (AvgIpc) is 2.83. The maximum absolute atomic E-state index is 13.2. The molecule has 148 valence electrons. The molecule has 0 amide bonds. The molecule has 30 heavy (non-hydrogen) atoms. The summed E-state index contributed by atoms with van der Waals surface area (Å²) in [4.78, 5) is 13.2. The minimum atomic E-state index is -2.21. The third-order valence-electron chi connectivity index (χ3n) is 5.20. The van der Waals surface area contributed by atoms with E-state index in [9.17, 15) is 4.79 Å². The maximum Gasteiger partial charge on any atom is 0.345 e. The molecule has 0 aliphatic heterocycles. The van der Waals surface area contributed by atoms with Crippen LogP contribution in [0.1, 0.15) is 5.56 Å². The number of benzene rings is 4. The van der Waals surface area contributed by atoms with Gasteiger partial charge in [-0.2, -0.15) is 0 Å². The molecular weight excluding hydrogens is 387 g/mol. The minimum absolute atomic E-state index is 0.177. The van der Waals surface area contributed by atoms with Crippen LogP contribution < -0.4 is 15.9 Å². The normalized spacial score (nSPS) is 11.1. The smallest absolute Gasteiger partial charge is 0.345 e. The zero-order chi connectivity index (χ0) is 20.7. The molecular formula is C27H24O2P+. The quantitative estimate of drug-likeness (QED) is 0.325. The fourth-order valence-electron chi connectivity index (χ4n) is 3.75. The third kappa shape index (κ3) is 4.35. The van der Waals surface area contributed by atoms with Crippen molar-refractivity contribution < 1.29 is 9.53 Å². The van der Waals surface area contributed by atoms with Crippen LogP contribution >= 0.6 is 7.26 Å². The molecule has 4 rings (SSSR count). The van der Waals surface area contributed by atoms with Crippen molar-refractivity contribution in [2.24, 2.45) is 0 Å². The van der Waals surface area contributed by atoms with E-state index in [-0.39, 0.29) is 12.6 Å². The van der Waals surface area contributed by atoms with Crippen molar-refractivity contribution in [3.8, 4) is 0 Å². The first-order valence-electron chi connectivity index (χ1n) is 10.0. The fraction of sp³-hybridized carbons (Fsp3) is 0.0741. The van der Waals surface area contributed by atoms with Gasteiger partial charge >= 0.3 is 5.97 Å². The van der Waals surface area contributed by atoms with Gasteiger partial charge in [-0.05, 0) is 42.0 Å². The molecule has 0 saturated carbocycles. The molecule has 0 fully saturated rings. The Kier molecular flexibility index (Phi) is 6.37. The molecule has 0 aliphatic rings. The monoisotopic (exact) mass is 411 g/mol. The van der Waals surface area contributed by atoms with Crippen LogP contribution in [-0.2, 0) is 16.1 Å². The van der Waals surface area contributed by atoms with E-state index in [2.05, 4.69) is 36.4 Å². The number of carbonyl (C=O) groups excluding carboxylic acids is 1. The van der Waals surface area contributed by atoms with Gasteiger partial charge in [-0.3, -0.25) is 0 Å². The van der Waals surface area contributed by atoms with E-state index in [0.717, 1.165) is 5.56 Å². The van der Waals surface area contributed by atoms with Crippen molar-refractivity contribution in [3.05, 3.63) is 127 Å². The molecule has 3 heteroatoms. The summed E-state index contributed by atoms with van der Waals surface area (Å²) >= 11 is 0. The highest BCUT2D eigenvalue weighted by Crippen LogP contribution is 2.55. The predicted octanol–water partition coefficient (Wildman–Crippen LogP) is 4.72. The van der Waals surface area contributed by atoms with Crippen molar-refractivity contribution in [2.45, 2.75) is 6.61 Å². The summed E-state index contributed by atoms with van der Waals surface area (Å²) in [7, 11) is -2.21. The predicted molar refractivity (Wildman–Crippen MR) is 126 cm³/mol. The third-order valence-corrected chi connectivity index (χ3v) is 9.47. The zero-order valence-electron chi connectivity index (χ0n) is 16.7. The highest BCUT2D eigenvalue weighted by molar-refractivity contribution is 7.96. The van der Waals surface area contributed by atoms with E-state index in [1.54, 1.807) is 0 Å². The van der Waals surface area contributed by atoms with Crippen LogP contribution in [0.5, 0.6) is 0 Å². The second kappa shape index (κ2) is 9.52. The number of hydrogen-bond donors (Lipinski definition) is 0. The van der Waals surface area contributed by atoms with Gasteiger partial charge in [0.1, 0.15) is 29.8 Å². The lowest BCUT2D eigenvalue weighted by atomic mass is 10.2. The van der Waals surface area contributed by atoms with E-state index < -0.39 is 7.26 Å². The Morgan fingerprint density at radius 1 is 0.567 bits per heavy atom. The van der Waals surface area contributed by atoms with E-state index in [0.29, 0.717) is 6.16 Å². The Hall–Kier alpha value is -3.22. The molecule has 0 radical (unpaired) electrons. The molecule has 0 N–H and O–H groups in total. The summed E-state index contributed by atoms with van der Waals surface area (Å²) in [6.45, 7) is 0.290. The van der Waals surface area contributed by atoms with Gasteiger partial charge in [0.05, 0.1) is 0 Å². The highest BCUT2D eigenvalue weighted by Gasteiger charge is 2.47. The summed E-state index contributed by atoms with van der Waals surface area (Å²) < 4.78 is 5.74. The number of ether oxygens (including phenoxy) is 1. The Bertz CT molecular complexity index is 968. The first-order valence-corrected chi connectivity index (χ1v) is 12.0. The second-order valence-electron chi connectivity index (χ2n) is 7.12. The van der Waals surface area contributed by atoms with Crippen LogP contribution in [0.2, 0.25) is 0 Å². The Morgan fingerprint density at radius 3 is 1.33 bits per heavy atom. The molecule has 0 spiro atoms. The first kappa shape index (κ1) is 20.1. The van der Waals surface area contributed by atoms with Gasteiger partial charge in [0, 0.05) is 0 Å². The van der Waals surface area contributed by atoms with Crippen LogP contribution in [0.4, 0.5) is 0 Å². The second-order valence-corrected chi connectivity index (χ2v) is 10.6. The van der Waals surface area contributed by atoms with Crippen molar-refractivity contribution in [2.75, 3.05) is 6.16 Å². The van der Waals surface area contributed by atoms with E-state index in [1.165, 1.54) is 15.9 Å². The van der Waals surface area contributed by atoms with Crippen LogP contribution in [0, 0.1) is 0 Å². The van der Waals surface area contributed by atoms with Crippen LogP contribution in [-0.4, -0.2) is 12.1 Å². The fourth-order valence-corrected chi connectivity index (χ4v) is 7.71. The van der Waals surface area contributed by atoms with Gasteiger partial charge in [0.15, 0.2) is 6.16 Å². The van der Waals surface area contributed by atoms with Gasteiger partial charge in [-0.1, -0.05) is 84.9 Å². The summed E-state index contributed by atoms with van der Waals surface area (Å²) in [6.07, 6.45) is 0.331. The summed E-state index contributed by atoms with van der Waals surface area (Å²) in [6, 6.07) is 41.0. The molecule has 0 aromatic heterocycles. The van der Waals surface area contributed by atoms with Crippen LogP contribution in [0.3, 0.4) is 0 Å². The number of hydrogen-bond acceptors (Lipinski definition) is 2. The lowest BCUT2D eigenvalue weighted by molar-refractivity contribution is -0.141. The van der Waals surface area contributed by atoms with Crippen LogP contribution in [0.15, 0.2) is 121 Å². The molecule has 0 atom stereocenters. The summed E-state index contributed by atoms with van der Waals surface area (Å²) in [5.74, 6) is -0.177. The molecule has 0 heterocycles. The van der Waals surface area contributed by atoms with Crippen molar-refractivity contribution in [1.29, 1.82) is 0 Å². The summed E-state index contributed by atoms with van der Waals surface area (Å²) in [5.41, 5.74) is 0.994. The number of carbonyl (C=O) groups is 1. The first-order chi connectivity index (χ1) is 14.8. The SMILES string of the molecule is O=C(C[P+](c1ccccc1)(c1ccccc1)c1ccccc1)OCc1ccccc1. The van der Waals surface area contributed by atoms with Gasteiger partial charge in [-0.25, -0.2) is 4.79 Å². The van der Waals surface area contributed by atoms with Gasteiger partial charge < -0.3 is 4.74 Å². The Morgan fingerprint density at radius 2 is 0.933 bits per heavy atom. The van der Waals surface area contributed by atoms with Crippen molar-refractivity contribution >= 4 is 29.1 Å². The molecule has 0 unspecified atom stereocenters. The topological polar surface area (TPSA) is 26.3 Å². The Balaban J connectivity index is 1.76. The van der Waals surface area contributed by atoms with E-state index >= 15 is 0 Å². The average molecular weight is 411 g/mol. The minimum Gasteiger partial charge on any atom is -0.458 e. The standard InChI is InChI=1S/C27H24O2P/c28-27(29-21-23-13-5-1-6-14-23)22-30(24-15-7-2-8-16-24,25-17-9-3-10-18-25)26-19-11-4-12-20-26/h1-20H,21-22H2/q+1. The van der Waals surface area contributed by atoms with Crippen molar-refractivity contribution in [1.82, 2.24) is 0 Å². The molecule has 0 aliphatic carbocycles. The van der Waals surface area contributed by atoms with E-state index in [4.69, 9.17) is 4.74 Å². The van der Waals surface area contributed by atoms with Crippen LogP contribution in [0.25, 0.3) is 0 Å². The Labute approximate surface area is 178 Å². The maximum atomic E-state index is 13.2. The molecule has 4 aromatic rings. The van der Waals surface area contributed by atoms with Crippen molar-refractivity contribution in [3.63, 3.8) is 0 Å². The molecule has 2 nitrogen and oxygen atoms in total. The molecule has 0 saturated heterocycles. The molecule has 4 aromatic carbocycles.